The van der Waals surface area contributed by atoms with Crippen LogP contribution in [-0.2, 0) is 4.79 Å². The molecule has 0 radical (unpaired) electrons. The lowest BCUT2D eigenvalue weighted by molar-refractivity contribution is -0.123. The van der Waals surface area contributed by atoms with E-state index in [0.717, 1.165) is 10.5 Å². The van der Waals surface area contributed by atoms with Gasteiger partial charge in [0.15, 0.2) is 6.61 Å². The van der Waals surface area contributed by atoms with Crippen molar-refractivity contribution in [2.24, 2.45) is 0 Å². The highest BCUT2D eigenvalue weighted by Crippen LogP contribution is 2.29. The molecule has 1 amide bonds. The van der Waals surface area contributed by atoms with E-state index in [1.54, 1.807) is 26.0 Å². The summed E-state index contributed by atoms with van der Waals surface area (Å²) >= 11 is 1.66. The topological polar surface area (TPSA) is 56.8 Å². The molecule has 134 valence electrons. The molecule has 0 spiro atoms. The fourth-order valence-corrected chi connectivity index (χ4v) is 2.77. The van der Waals surface area contributed by atoms with E-state index in [9.17, 15) is 4.79 Å². The molecule has 2 aromatic rings. The molecule has 1 atom stereocenters. The van der Waals surface area contributed by atoms with Crippen molar-refractivity contribution >= 4 is 17.7 Å². The van der Waals surface area contributed by atoms with E-state index in [0.29, 0.717) is 17.2 Å². The zero-order valence-electron chi connectivity index (χ0n) is 14.9. The van der Waals surface area contributed by atoms with Crippen LogP contribution in [0.2, 0.25) is 0 Å². The van der Waals surface area contributed by atoms with Crippen LogP contribution in [0.25, 0.3) is 0 Å². The predicted molar refractivity (Wildman–Crippen MR) is 99.8 cm³/mol. The Morgan fingerprint density at radius 2 is 1.76 bits per heavy atom. The zero-order valence-corrected chi connectivity index (χ0v) is 15.7. The van der Waals surface area contributed by atoms with Crippen molar-refractivity contribution in [3.63, 3.8) is 0 Å². The van der Waals surface area contributed by atoms with Gasteiger partial charge in [-0.05, 0) is 55.6 Å². The number of hydrogen-bond acceptors (Lipinski definition) is 5. The Balaban J connectivity index is 1.95. The highest BCUT2D eigenvalue weighted by molar-refractivity contribution is 7.98. The molecular weight excluding hydrogens is 338 g/mol. The average Bonchev–Trinajstić information content (AvgIpc) is 2.66. The number of carbonyl (C=O) groups excluding carboxylic acids is 1. The first-order chi connectivity index (χ1) is 12.1. The molecular formula is C19H23NO4S. The van der Waals surface area contributed by atoms with Crippen molar-refractivity contribution in [1.29, 1.82) is 0 Å². The third kappa shape index (κ3) is 5.32. The molecule has 5 nitrogen and oxygen atoms in total. The van der Waals surface area contributed by atoms with Crippen LogP contribution < -0.4 is 19.5 Å². The second-order valence-electron chi connectivity index (χ2n) is 5.36. The van der Waals surface area contributed by atoms with Crippen LogP contribution in [0.1, 0.15) is 18.5 Å². The van der Waals surface area contributed by atoms with Crippen LogP contribution in [0.4, 0.5) is 0 Å². The molecule has 6 heteroatoms. The van der Waals surface area contributed by atoms with Crippen LogP contribution in [-0.4, -0.2) is 33.0 Å². The highest BCUT2D eigenvalue weighted by Gasteiger charge is 2.15. The number of rotatable bonds is 8. The number of ether oxygens (including phenoxy) is 3. The molecule has 1 unspecified atom stereocenters. The van der Waals surface area contributed by atoms with E-state index >= 15 is 0 Å². The van der Waals surface area contributed by atoms with Gasteiger partial charge in [-0.15, -0.1) is 11.8 Å². The molecule has 1 N–H and O–H groups in total. The molecule has 0 bridgehead atoms. The number of amides is 1. The average molecular weight is 361 g/mol. The summed E-state index contributed by atoms with van der Waals surface area (Å²) in [4.78, 5) is 13.3. The largest absolute Gasteiger partial charge is 0.497 e. The standard InChI is InChI=1S/C19H23NO4S/c1-13(17-11-15(22-2)7-10-18(17)23-3)20-19(21)12-24-14-5-8-16(25-4)9-6-14/h5-11,13H,12H2,1-4H3,(H,20,21). The second kappa shape index (κ2) is 9.22. The molecule has 0 saturated heterocycles. The van der Waals surface area contributed by atoms with E-state index in [2.05, 4.69) is 5.32 Å². The number of thioether (sulfide) groups is 1. The van der Waals surface area contributed by atoms with E-state index in [1.807, 2.05) is 55.6 Å². The minimum atomic E-state index is -0.236. The summed E-state index contributed by atoms with van der Waals surface area (Å²) < 4.78 is 16.1. The lowest BCUT2D eigenvalue weighted by Gasteiger charge is -2.18. The summed E-state index contributed by atoms with van der Waals surface area (Å²) in [5, 5.41) is 2.91. The third-order valence-corrected chi connectivity index (χ3v) is 4.45. The number of methoxy groups -OCH3 is 2. The van der Waals surface area contributed by atoms with E-state index in [-0.39, 0.29) is 18.6 Å². The molecule has 2 aromatic carbocycles. The van der Waals surface area contributed by atoms with E-state index in [4.69, 9.17) is 14.2 Å². The third-order valence-electron chi connectivity index (χ3n) is 3.71. The first-order valence-electron chi connectivity index (χ1n) is 7.85. The summed E-state index contributed by atoms with van der Waals surface area (Å²) in [6.07, 6.45) is 2.01. The molecule has 0 heterocycles. The van der Waals surface area contributed by atoms with Gasteiger partial charge < -0.3 is 19.5 Å². The summed E-state index contributed by atoms with van der Waals surface area (Å²) in [5.74, 6) is 1.87. The minimum absolute atomic E-state index is 0.0464. The van der Waals surface area contributed by atoms with Crippen molar-refractivity contribution < 1.29 is 19.0 Å². The van der Waals surface area contributed by atoms with Gasteiger partial charge in [-0.3, -0.25) is 4.79 Å². The van der Waals surface area contributed by atoms with Gasteiger partial charge in [0.1, 0.15) is 17.2 Å². The van der Waals surface area contributed by atoms with Gasteiger partial charge in [-0.1, -0.05) is 0 Å². The lowest BCUT2D eigenvalue weighted by Crippen LogP contribution is -2.31. The van der Waals surface area contributed by atoms with Crippen LogP contribution in [0.3, 0.4) is 0 Å². The van der Waals surface area contributed by atoms with Crippen molar-refractivity contribution in [3.8, 4) is 17.2 Å². The number of hydrogen-bond donors (Lipinski definition) is 1. The van der Waals surface area contributed by atoms with E-state index < -0.39 is 0 Å². The SMILES string of the molecule is COc1ccc(OC)c(C(C)NC(=O)COc2ccc(SC)cc2)c1. The molecule has 0 aliphatic carbocycles. The Morgan fingerprint density at radius 3 is 2.36 bits per heavy atom. The molecule has 0 fully saturated rings. The Hall–Kier alpha value is -2.34. The maximum Gasteiger partial charge on any atom is 0.258 e. The van der Waals surface area contributed by atoms with Crippen molar-refractivity contribution in [1.82, 2.24) is 5.32 Å². The molecule has 0 aliphatic heterocycles. The van der Waals surface area contributed by atoms with Gasteiger partial charge in [-0.25, -0.2) is 0 Å². The highest BCUT2D eigenvalue weighted by atomic mass is 32.2. The minimum Gasteiger partial charge on any atom is -0.497 e. The van der Waals surface area contributed by atoms with Crippen LogP contribution >= 0.6 is 11.8 Å². The van der Waals surface area contributed by atoms with Crippen molar-refractivity contribution in [2.45, 2.75) is 17.9 Å². The first kappa shape index (κ1) is 19.0. The van der Waals surface area contributed by atoms with Gasteiger partial charge >= 0.3 is 0 Å². The van der Waals surface area contributed by atoms with Gasteiger partial charge in [-0.2, -0.15) is 0 Å². The van der Waals surface area contributed by atoms with Gasteiger partial charge in [0.25, 0.3) is 5.91 Å². The van der Waals surface area contributed by atoms with Crippen LogP contribution in [0, 0.1) is 0 Å². The maximum atomic E-state index is 12.2. The van der Waals surface area contributed by atoms with Gasteiger partial charge in [0, 0.05) is 10.5 Å². The Morgan fingerprint density at radius 1 is 1.08 bits per heavy atom. The maximum absolute atomic E-state index is 12.2. The smallest absolute Gasteiger partial charge is 0.258 e. The summed E-state index contributed by atoms with van der Waals surface area (Å²) in [5.41, 5.74) is 0.847. The van der Waals surface area contributed by atoms with Gasteiger partial charge in [0.2, 0.25) is 0 Å². The molecule has 0 saturated carbocycles. The summed E-state index contributed by atoms with van der Waals surface area (Å²) in [6.45, 7) is 1.84. The Labute approximate surface area is 152 Å². The van der Waals surface area contributed by atoms with Crippen LogP contribution in [0.15, 0.2) is 47.4 Å². The van der Waals surface area contributed by atoms with E-state index in [1.165, 1.54) is 0 Å². The summed E-state index contributed by atoms with van der Waals surface area (Å²) in [7, 11) is 3.20. The number of benzene rings is 2. The number of nitrogens with one attached hydrogen (secondary N) is 1. The van der Waals surface area contributed by atoms with Crippen LogP contribution in [0.5, 0.6) is 17.2 Å². The fourth-order valence-electron chi connectivity index (χ4n) is 2.36. The predicted octanol–water partition coefficient (Wildman–Crippen LogP) is 3.68. The zero-order chi connectivity index (χ0) is 18.2. The molecule has 0 aliphatic rings. The van der Waals surface area contributed by atoms with Gasteiger partial charge in [0.05, 0.1) is 20.3 Å². The van der Waals surface area contributed by atoms with Crippen molar-refractivity contribution in [3.05, 3.63) is 48.0 Å². The monoisotopic (exact) mass is 361 g/mol. The summed E-state index contributed by atoms with van der Waals surface area (Å²) in [6, 6.07) is 12.9. The Kier molecular flexibility index (Phi) is 7.01. The fraction of sp³-hybridized carbons (Fsp3) is 0.316. The number of carbonyl (C=O) groups is 1. The molecule has 25 heavy (non-hydrogen) atoms. The lowest BCUT2D eigenvalue weighted by atomic mass is 10.1. The molecule has 2 rings (SSSR count). The first-order valence-corrected chi connectivity index (χ1v) is 9.08. The normalized spacial score (nSPS) is 11.5. The van der Waals surface area contributed by atoms with Crippen molar-refractivity contribution in [2.75, 3.05) is 27.1 Å². The quantitative estimate of drug-likeness (QED) is 0.727. The molecule has 0 aromatic heterocycles. The second-order valence-corrected chi connectivity index (χ2v) is 6.24. The Bertz CT molecular complexity index is 703.